The maximum Gasteiger partial charge on any atom is 0.163 e. The third kappa shape index (κ3) is 2.95. The smallest absolute Gasteiger partial charge is 0.163 e. The predicted octanol–water partition coefficient (Wildman–Crippen LogP) is 5.41. The monoisotopic (exact) mass is 362 g/mol. The highest BCUT2D eigenvalue weighted by atomic mass is 16.5. The van der Waals surface area contributed by atoms with Crippen LogP contribution in [-0.4, -0.2) is 18.0 Å². The molecular formula is C24H26O3. The summed E-state index contributed by atoms with van der Waals surface area (Å²) in [6, 6.07) is 13.3. The van der Waals surface area contributed by atoms with E-state index < -0.39 is 0 Å². The first-order chi connectivity index (χ1) is 13.1. The Morgan fingerprint density at radius 2 is 1.93 bits per heavy atom. The molecule has 0 aliphatic heterocycles. The summed E-state index contributed by atoms with van der Waals surface area (Å²) in [5.41, 5.74) is 5.49. The number of phenolic OH excluding ortho intramolecular Hbond substituents is 1. The third-order valence-electron chi connectivity index (χ3n) is 6.17. The molecule has 0 heterocycles. The number of phenols is 1. The lowest BCUT2D eigenvalue weighted by Crippen LogP contribution is -2.28. The Hall–Kier alpha value is -2.55. The Morgan fingerprint density at radius 1 is 1.15 bits per heavy atom. The summed E-state index contributed by atoms with van der Waals surface area (Å²) in [7, 11) is 1.70. The van der Waals surface area contributed by atoms with E-state index in [1.165, 1.54) is 16.7 Å². The number of carbonyl (C=O) groups is 1. The van der Waals surface area contributed by atoms with Crippen LogP contribution in [0.5, 0.6) is 11.5 Å². The van der Waals surface area contributed by atoms with Gasteiger partial charge in [0.15, 0.2) is 5.78 Å². The minimum Gasteiger partial charge on any atom is -0.508 e. The fraction of sp³-hybridized carbons (Fsp3) is 0.375. The largest absolute Gasteiger partial charge is 0.508 e. The number of carbonyl (C=O) groups excluding carboxylic acids is 1. The average Bonchev–Trinajstić information content (AvgIpc) is 3.01. The molecule has 2 aliphatic rings. The Labute approximate surface area is 160 Å². The van der Waals surface area contributed by atoms with Crippen molar-refractivity contribution in [2.24, 2.45) is 5.41 Å². The second kappa shape index (κ2) is 6.88. The van der Waals surface area contributed by atoms with Crippen LogP contribution in [0.2, 0.25) is 0 Å². The van der Waals surface area contributed by atoms with E-state index >= 15 is 0 Å². The summed E-state index contributed by atoms with van der Waals surface area (Å²) in [6.45, 7) is 2.22. The fourth-order valence-corrected chi connectivity index (χ4v) is 4.84. The van der Waals surface area contributed by atoms with Crippen LogP contribution in [0.1, 0.15) is 55.7 Å². The molecule has 0 aromatic heterocycles. The Morgan fingerprint density at radius 3 is 2.63 bits per heavy atom. The second-order valence-electron chi connectivity index (χ2n) is 7.80. The Kier molecular flexibility index (Phi) is 4.55. The molecule has 0 saturated carbocycles. The zero-order valence-electron chi connectivity index (χ0n) is 16.0. The number of ether oxygens (including phenoxy) is 1. The van der Waals surface area contributed by atoms with E-state index in [1.54, 1.807) is 19.2 Å². The van der Waals surface area contributed by atoms with Gasteiger partial charge >= 0.3 is 0 Å². The minimum atomic E-state index is 0.0336. The normalized spacial score (nSPS) is 21.2. The maximum atomic E-state index is 13.0. The molecule has 4 rings (SSSR count). The van der Waals surface area contributed by atoms with Gasteiger partial charge in [-0.3, -0.25) is 4.79 Å². The summed E-state index contributed by atoms with van der Waals surface area (Å²) in [6.07, 6.45) is 5.89. The Balaban J connectivity index is 1.95. The zero-order chi connectivity index (χ0) is 19.0. The number of fused-ring (bicyclic) bond motifs is 3. The molecule has 0 spiro atoms. The van der Waals surface area contributed by atoms with Crippen molar-refractivity contribution in [3.05, 3.63) is 59.2 Å². The van der Waals surface area contributed by atoms with Crippen LogP contribution in [0.4, 0.5) is 0 Å². The molecule has 0 radical (unpaired) electrons. The van der Waals surface area contributed by atoms with Crippen molar-refractivity contribution in [2.75, 3.05) is 7.11 Å². The Bertz CT molecular complexity index is 908. The summed E-state index contributed by atoms with van der Waals surface area (Å²) < 4.78 is 5.44. The quantitative estimate of drug-likeness (QED) is 0.774. The van der Waals surface area contributed by atoms with E-state index in [1.807, 2.05) is 18.2 Å². The molecule has 3 nitrogen and oxygen atoms in total. The zero-order valence-corrected chi connectivity index (χ0v) is 16.0. The lowest BCUT2D eigenvalue weighted by atomic mass is 9.66. The van der Waals surface area contributed by atoms with E-state index in [2.05, 4.69) is 19.1 Å². The maximum absolute atomic E-state index is 13.0. The van der Waals surface area contributed by atoms with Crippen LogP contribution >= 0.6 is 0 Å². The molecule has 140 valence electrons. The van der Waals surface area contributed by atoms with Crippen molar-refractivity contribution in [3.8, 4) is 11.5 Å². The van der Waals surface area contributed by atoms with E-state index in [-0.39, 0.29) is 16.9 Å². The number of hydrogen-bond donors (Lipinski definition) is 1. The highest BCUT2D eigenvalue weighted by Crippen LogP contribution is 2.58. The van der Waals surface area contributed by atoms with Crippen molar-refractivity contribution in [3.63, 3.8) is 0 Å². The predicted molar refractivity (Wildman–Crippen MR) is 108 cm³/mol. The molecular weight excluding hydrogens is 336 g/mol. The van der Waals surface area contributed by atoms with Crippen LogP contribution in [-0.2, 0) is 11.2 Å². The summed E-state index contributed by atoms with van der Waals surface area (Å²) in [5.74, 6) is 1.31. The fourth-order valence-electron chi connectivity index (χ4n) is 4.84. The number of hydrogen-bond acceptors (Lipinski definition) is 3. The summed E-state index contributed by atoms with van der Waals surface area (Å²) in [4.78, 5) is 13.0. The lowest BCUT2D eigenvalue weighted by Gasteiger charge is -2.36. The molecule has 2 aliphatic carbocycles. The first kappa shape index (κ1) is 17.8. The van der Waals surface area contributed by atoms with Crippen LogP contribution in [0.15, 0.2) is 42.5 Å². The number of aromatic hydroxyl groups is 1. The second-order valence-corrected chi connectivity index (χ2v) is 7.80. The van der Waals surface area contributed by atoms with Crippen molar-refractivity contribution in [1.82, 2.24) is 0 Å². The minimum absolute atomic E-state index is 0.0336. The number of Topliss-reactive ketones (excluding diaryl/α,β-unsaturated/α-hetero) is 1. The number of rotatable bonds is 5. The number of methoxy groups -OCH3 is 1. The SMILES string of the molecule is CCCCC12CCC(=O)C(c3ccc(O)cc3)=C1c1ccc(OC)cc1C2. The van der Waals surface area contributed by atoms with Crippen LogP contribution in [0.25, 0.3) is 11.1 Å². The highest BCUT2D eigenvalue weighted by Gasteiger charge is 2.46. The van der Waals surface area contributed by atoms with Crippen LogP contribution < -0.4 is 4.74 Å². The van der Waals surface area contributed by atoms with E-state index in [0.717, 1.165) is 49.0 Å². The van der Waals surface area contributed by atoms with Crippen LogP contribution in [0.3, 0.4) is 0 Å². The first-order valence-corrected chi connectivity index (χ1v) is 9.82. The molecule has 1 N–H and O–H groups in total. The van der Waals surface area contributed by atoms with Crippen LogP contribution in [0, 0.1) is 5.41 Å². The molecule has 1 unspecified atom stereocenters. The van der Waals surface area contributed by atoms with Gasteiger partial charge in [-0.15, -0.1) is 0 Å². The van der Waals surface area contributed by atoms with Gasteiger partial charge in [0.25, 0.3) is 0 Å². The highest BCUT2D eigenvalue weighted by molar-refractivity contribution is 6.30. The van der Waals surface area contributed by atoms with Gasteiger partial charge in [0.1, 0.15) is 11.5 Å². The molecule has 3 heteroatoms. The van der Waals surface area contributed by atoms with Gasteiger partial charge in [-0.1, -0.05) is 38.0 Å². The summed E-state index contributed by atoms with van der Waals surface area (Å²) in [5, 5.41) is 9.68. The van der Waals surface area contributed by atoms with Gasteiger partial charge in [0.05, 0.1) is 7.11 Å². The van der Waals surface area contributed by atoms with Gasteiger partial charge in [0.2, 0.25) is 0 Å². The molecule has 2 aromatic rings. The molecule has 0 fully saturated rings. The van der Waals surface area contributed by atoms with E-state index in [0.29, 0.717) is 6.42 Å². The molecule has 1 atom stereocenters. The van der Waals surface area contributed by atoms with E-state index in [4.69, 9.17) is 4.74 Å². The molecule has 27 heavy (non-hydrogen) atoms. The first-order valence-electron chi connectivity index (χ1n) is 9.82. The standard InChI is InChI=1S/C24H26O3/c1-3-4-12-24-13-11-21(26)22(16-5-7-18(25)8-6-16)23(24)20-10-9-19(27-2)14-17(20)15-24/h5-10,14,25H,3-4,11-13,15H2,1-2H3. The number of ketones is 1. The number of benzene rings is 2. The third-order valence-corrected chi connectivity index (χ3v) is 6.17. The van der Waals surface area contributed by atoms with Gasteiger partial charge in [-0.2, -0.15) is 0 Å². The molecule has 2 aromatic carbocycles. The van der Waals surface area contributed by atoms with Gasteiger partial charge < -0.3 is 9.84 Å². The van der Waals surface area contributed by atoms with Gasteiger partial charge in [-0.25, -0.2) is 0 Å². The molecule has 0 bridgehead atoms. The van der Waals surface area contributed by atoms with Gasteiger partial charge in [0, 0.05) is 17.4 Å². The van der Waals surface area contributed by atoms with Crippen molar-refractivity contribution in [2.45, 2.75) is 45.4 Å². The molecule has 0 saturated heterocycles. The molecule has 0 amide bonds. The van der Waals surface area contributed by atoms with Crippen molar-refractivity contribution >= 4 is 16.9 Å². The topological polar surface area (TPSA) is 46.5 Å². The lowest BCUT2D eigenvalue weighted by molar-refractivity contribution is -0.114. The number of allylic oxidation sites excluding steroid dienone is 2. The van der Waals surface area contributed by atoms with E-state index in [9.17, 15) is 9.90 Å². The van der Waals surface area contributed by atoms with Crippen molar-refractivity contribution < 1.29 is 14.6 Å². The van der Waals surface area contributed by atoms with Crippen molar-refractivity contribution in [1.29, 1.82) is 0 Å². The number of unbranched alkanes of at least 4 members (excludes halogenated alkanes) is 1. The summed E-state index contributed by atoms with van der Waals surface area (Å²) >= 11 is 0. The average molecular weight is 362 g/mol. The van der Waals surface area contributed by atoms with Gasteiger partial charge in [-0.05, 0) is 65.8 Å².